The predicted molar refractivity (Wildman–Crippen MR) is 133 cm³/mol. The number of hydrogen-bond donors (Lipinski definition) is 2. The number of ether oxygens (including phenoxy) is 2. The van der Waals surface area contributed by atoms with Crippen LogP contribution in [0.2, 0.25) is 0 Å². The Balaban J connectivity index is 1.10. The molecule has 8 nitrogen and oxygen atoms in total. The monoisotopic (exact) mass is 480 g/mol. The molecule has 2 aromatic heterocycles. The molecule has 2 fully saturated rings. The number of pyridine rings is 2. The largest absolute Gasteiger partial charge is 0.494 e. The van der Waals surface area contributed by atoms with Gasteiger partial charge < -0.3 is 19.9 Å². The van der Waals surface area contributed by atoms with Crippen molar-refractivity contribution in [2.75, 3.05) is 38.7 Å². The summed E-state index contributed by atoms with van der Waals surface area (Å²) >= 11 is 0. The van der Waals surface area contributed by atoms with E-state index in [-0.39, 0.29) is 6.10 Å². The lowest BCUT2D eigenvalue weighted by molar-refractivity contribution is -0.143. The highest BCUT2D eigenvalue weighted by atomic mass is 16.5. The Kier molecular flexibility index (Phi) is 7.48. The zero-order valence-corrected chi connectivity index (χ0v) is 20.5. The number of methoxy groups -OCH3 is 1. The number of hydrogen-bond acceptors (Lipinski definition) is 7. The van der Waals surface area contributed by atoms with E-state index in [9.17, 15) is 9.90 Å². The van der Waals surface area contributed by atoms with Crippen molar-refractivity contribution in [1.29, 1.82) is 0 Å². The average Bonchev–Trinajstić information content (AvgIpc) is 3.62. The highest BCUT2D eigenvalue weighted by molar-refractivity contribution is 5.76. The normalized spacial score (nSPS) is 20.8. The third kappa shape index (κ3) is 5.59. The first-order valence-corrected chi connectivity index (χ1v) is 13.0. The number of rotatable bonds is 11. The molecule has 8 heteroatoms. The molecular formula is C27H36N4O4. The van der Waals surface area contributed by atoms with Gasteiger partial charge in [0.15, 0.2) is 0 Å². The molecule has 188 valence electrons. The highest BCUT2D eigenvalue weighted by Crippen LogP contribution is 2.43. The Hall–Kier alpha value is -2.71. The molecule has 3 aliphatic rings. The van der Waals surface area contributed by atoms with Crippen LogP contribution in [0.15, 0.2) is 24.4 Å². The van der Waals surface area contributed by atoms with Crippen LogP contribution >= 0.6 is 0 Å². The van der Waals surface area contributed by atoms with Crippen LogP contribution in [-0.2, 0) is 22.4 Å². The standard InChI is InChI=1S/C27H36N4O4/c1-34-23-16-19(30-22-8-5-13-29-25(22)23)6-2-3-15-35-20-11-14-31(17-20)26(27(32)33)21-7-4-12-28-24(21)18-9-10-18/h4,7,12,16,18,20,26,29H,2-3,5-6,8-11,13-15,17H2,1H3,(H,32,33)/t20-,26?/m1/s1. The minimum absolute atomic E-state index is 0.0749. The van der Waals surface area contributed by atoms with Crippen molar-refractivity contribution < 1.29 is 19.4 Å². The fourth-order valence-electron chi connectivity index (χ4n) is 5.38. The third-order valence-electron chi connectivity index (χ3n) is 7.31. The Bertz CT molecular complexity index is 1020. The lowest BCUT2D eigenvalue weighted by Crippen LogP contribution is -2.34. The molecule has 0 aromatic carbocycles. The molecule has 1 saturated carbocycles. The van der Waals surface area contributed by atoms with Gasteiger partial charge in [0.05, 0.1) is 24.6 Å². The van der Waals surface area contributed by atoms with E-state index in [1.165, 1.54) is 0 Å². The second-order valence-electron chi connectivity index (χ2n) is 9.89. The van der Waals surface area contributed by atoms with Crippen molar-refractivity contribution in [2.24, 2.45) is 0 Å². The summed E-state index contributed by atoms with van der Waals surface area (Å²) in [6.07, 6.45) is 9.86. The molecule has 2 aliphatic heterocycles. The van der Waals surface area contributed by atoms with Gasteiger partial charge in [0, 0.05) is 61.4 Å². The average molecular weight is 481 g/mol. The smallest absolute Gasteiger partial charge is 0.325 e. The molecule has 0 amide bonds. The summed E-state index contributed by atoms with van der Waals surface area (Å²) in [5, 5.41) is 13.4. The molecule has 2 atom stereocenters. The van der Waals surface area contributed by atoms with Gasteiger partial charge in [-0.05, 0) is 57.4 Å². The number of nitrogens with one attached hydrogen (secondary N) is 1. The van der Waals surface area contributed by atoms with Crippen LogP contribution in [0.4, 0.5) is 5.69 Å². The summed E-state index contributed by atoms with van der Waals surface area (Å²) in [4.78, 5) is 23.6. The SMILES string of the molecule is COc1cc(CCCCO[C@@H]2CCN(C(C(=O)O)c3cccnc3C3CC3)C2)nc2c1NCCC2. The number of nitrogens with zero attached hydrogens (tertiary/aromatic N) is 3. The predicted octanol–water partition coefficient (Wildman–Crippen LogP) is 3.96. The maximum Gasteiger partial charge on any atom is 0.325 e. The Morgan fingerprint density at radius 3 is 3.00 bits per heavy atom. The zero-order valence-electron chi connectivity index (χ0n) is 20.5. The first-order chi connectivity index (χ1) is 17.1. The quantitative estimate of drug-likeness (QED) is 0.467. The van der Waals surface area contributed by atoms with Gasteiger partial charge in [-0.2, -0.15) is 0 Å². The van der Waals surface area contributed by atoms with Gasteiger partial charge in [0.25, 0.3) is 0 Å². The number of likely N-dealkylation sites (tertiary alicyclic amines) is 1. The van der Waals surface area contributed by atoms with Gasteiger partial charge >= 0.3 is 5.97 Å². The Morgan fingerprint density at radius 2 is 2.20 bits per heavy atom. The fourth-order valence-corrected chi connectivity index (χ4v) is 5.38. The van der Waals surface area contributed by atoms with Crippen molar-refractivity contribution in [2.45, 2.75) is 69.4 Å². The van der Waals surface area contributed by atoms with Crippen LogP contribution in [0.25, 0.3) is 0 Å². The van der Waals surface area contributed by atoms with Crippen LogP contribution in [-0.4, -0.2) is 65.4 Å². The fraction of sp³-hybridized carbons (Fsp3) is 0.593. The Labute approximate surface area is 207 Å². The van der Waals surface area contributed by atoms with E-state index in [1.54, 1.807) is 13.3 Å². The summed E-state index contributed by atoms with van der Waals surface area (Å²) < 4.78 is 11.7. The minimum atomic E-state index is -0.802. The highest BCUT2D eigenvalue weighted by Gasteiger charge is 2.38. The number of carbonyl (C=O) groups is 1. The molecule has 1 unspecified atom stereocenters. The molecule has 0 bridgehead atoms. The van der Waals surface area contributed by atoms with Gasteiger partial charge in [-0.1, -0.05) is 6.07 Å². The maximum atomic E-state index is 12.2. The summed E-state index contributed by atoms with van der Waals surface area (Å²) in [6.45, 7) is 3.03. The molecule has 0 radical (unpaired) electrons. The number of aromatic nitrogens is 2. The number of unbranched alkanes of at least 4 members (excludes halogenated alkanes) is 1. The summed E-state index contributed by atoms with van der Waals surface area (Å²) in [5.74, 6) is 0.505. The number of aliphatic carboxylic acids is 1. The van der Waals surface area contributed by atoms with E-state index in [0.29, 0.717) is 19.1 Å². The van der Waals surface area contributed by atoms with Gasteiger partial charge in [-0.15, -0.1) is 0 Å². The minimum Gasteiger partial charge on any atom is -0.494 e. The number of fused-ring (bicyclic) bond motifs is 1. The van der Waals surface area contributed by atoms with Crippen LogP contribution < -0.4 is 10.1 Å². The topological polar surface area (TPSA) is 96.8 Å². The lowest BCUT2D eigenvalue weighted by atomic mass is 10.0. The molecule has 1 aliphatic carbocycles. The number of carboxylic acid groups (broad SMARTS) is 1. The van der Waals surface area contributed by atoms with Crippen LogP contribution in [0, 0.1) is 0 Å². The van der Waals surface area contributed by atoms with Crippen molar-refractivity contribution in [3.8, 4) is 5.75 Å². The van der Waals surface area contributed by atoms with Crippen molar-refractivity contribution in [3.63, 3.8) is 0 Å². The number of aryl methyl sites for hydroxylation is 2. The Morgan fingerprint density at radius 1 is 1.31 bits per heavy atom. The van der Waals surface area contributed by atoms with Crippen molar-refractivity contribution >= 4 is 11.7 Å². The molecular weight excluding hydrogens is 444 g/mol. The molecule has 0 spiro atoms. The van der Waals surface area contributed by atoms with Gasteiger partial charge in [0.1, 0.15) is 11.8 Å². The van der Waals surface area contributed by atoms with E-state index in [2.05, 4.69) is 10.3 Å². The van der Waals surface area contributed by atoms with E-state index in [4.69, 9.17) is 14.5 Å². The van der Waals surface area contributed by atoms with Crippen LogP contribution in [0.3, 0.4) is 0 Å². The van der Waals surface area contributed by atoms with E-state index in [0.717, 1.165) is 98.5 Å². The molecule has 2 N–H and O–H groups in total. The van der Waals surface area contributed by atoms with Crippen molar-refractivity contribution in [3.05, 3.63) is 47.0 Å². The molecule has 1 saturated heterocycles. The molecule has 35 heavy (non-hydrogen) atoms. The summed E-state index contributed by atoms with van der Waals surface area (Å²) in [7, 11) is 1.71. The third-order valence-corrected chi connectivity index (χ3v) is 7.31. The second kappa shape index (κ2) is 10.9. The van der Waals surface area contributed by atoms with Crippen LogP contribution in [0.5, 0.6) is 5.75 Å². The molecule has 5 rings (SSSR count). The van der Waals surface area contributed by atoms with Gasteiger partial charge in [-0.25, -0.2) is 0 Å². The van der Waals surface area contributed by atoms with Crippen molar-refractivity contribution in [1.82, 2.24) is 14.9 Å². The first-order valence-electron chi connectivity index (χ1n) is 13.0. The van der Waals surface area contributed by atoms with E-state index < -0.39 is 12.0 Å². The van der Waals surface area contributed by atoms with E-state index in [1.807, 2.05) is 23.1 Å². The summed E-state index contributed by atoms with van der Waals surface area (Å²) in [6, 6.07) is 5.19. The molecule has 2 aromatic rings. The maximum absolute atomic E-state index is 12.2. The van der Waals surface area contributed by atoms with Gasteiger partial charge in [-0.3, -0.25) is 19.7 Å². The van der Waals surface area contributed by atoms with Gasteiger partial charge in [0.2, 0.25) is 0 Å². The van der Waals surface area contributed by atoms with Crippen LogP contribution in [0.1, 0.15) is 73.1 Å². The first kappa shape index (κ1) is 24.0. The summed E-state index contributed by atoms with van der Waals surface area (Å²) in [5.41, 5.74) is 5.05. The zero-order chi connectivity index (χ0) is 24.2. The number of carboxylic acids is 1. The molecule has 4 heterocycles. The lowest BCUT2D eigenvalue weighted by Gasteiger charge is -2.26. The van der Waals surface area contributed by atoms with E-state index >= 15 is 0 Å². The number of anilines is 1. The second-order valence-corrected chi connectivity index (χ2v) is 9.89.